The topological polar surface area (TPSA) is 26.0 Å². The van der Waals surface area contributed by atoms with E-state index in [1.807, 2.05) is 18.4 Å². The zero-order valence-electron chi connectivity index (χ0n) is 7.77. The smallest absolute Gasteiger partial charge is 0.324 e. The molecule has 0 aromatic carbocycles. The van der Waals surface area contributed by atoms with E-state index >= 15 is 0 Å². The number of hydrogen-bond donors (Lipinski definition) is 1. The van der Waals surface area contributed by atoms with Crippen LogP contribution in [0.5, 0.6) is 0 Å². The Kier molecular flexibility index (Phi) is 3.55. The van der Waals surface area contributed by atoms with Crippen molar-refractivity contribution in [1.29, 1.82) is 0 Å². The van der Waals surface area contributed by atoms with Crippen LogP contribution in [0.2, 0.25) is 0 Å². The normalized spacial score (nSPS) is 14.4. The summed E-state index contributed by atoms with van der Waals surface area (Å²) in [7, 11) is 0. The SMILES string of the molecule is Cc1cc(C(N)CCC(F)(F)F)cs1. The van der Waals surface area contributed by atoms with Gasteiger partial charge in [0.1, 0.15) is 0 Å². The van der Waals surface area contributed by atoms with Crippen molar-refractivity contribution in [2.75, 3.05) is 0 Å². The number of nitrogens with two attached hydrogens (primary N) is 1. The van der Waals surface area contributed by atoms with Gasteiger partial charge in [-0.1, -0.05) is 0 Å². The fraction of sp³-hybridized carbons (Fsp3) is 0.556. The Bertz CT molecular complexity index is 292. The van der Waals surface area contributed by atoms with E-state index in [4.69, 9.17) is 5.73 Å². The molecule has 2 N–H and O–H groups in total. The van der Waals surface area contributed by atoms with Gasteiger partial charge in [0.25, 0.3) is 0 Å². The van der Waals surface area contributed by atoms with Crippen molar-refractivity contribution in [1.82, 2.24) is 0 Å². The van der Waals surface area contributed by atoms with Gasteiger partial charge in [0.2, 0.25) is 0 Å². The standard InChI is InChI=1S/C9H12F3NS/c1-6-4-7(5-14-6)8(13)2-3-9(10,11)12/h4-5,8H,2-3,13H2,1H3. The predicted molar refractivity (Wildman–Crippen MR) is 51.3 cm³/mol. The molecule has 0 saturated carbocycles. The first-order valence-corrected chi connectivity index (χ1v) is 5.14. The molecule has 1 unspecified atom stereocenters. The molecule has 1 atom stereocenters. The highest BCUT2D eigenvalue weighted by Gasteiger charge is 2.27. The third-order valence-corrected chi connectivity index (χ3v) is 2.80. The van der Waals surface area contributed by atoms with E-state index in [0.717, 1.165) is 10.4 Å². The minimum atomic E-state index is -4.11. The number of hydrogen-bond acceptors (Lipinski definition) is 2. The molecule has 1 aromatic heterocycles. The lowest BCUT2D eigenvalue weighted by atomic mass is 10.1. The monoisotopic (exact) mass is 223 g/mol. The van der Waals surface area contributed by atoms with Crippen LogP contribution < -0.4 is 5.73 Å². The second kappa shape index (κ2) is 4.31. The highest BCUT2D eigenvalue weighted by molar-refractivity contribution is 7.10. The van der Waals surface area contributed by atoms with Crippen LogP contribution in [0.1, 0.15) is 29.3 Å². The molecule has 1 heterocycles. The first-order valence-electron chi connectivity index (χ1n) is 4.26. The molecule has 0 fully saturated rings. The minimum absolute atomic E-state index is 0.0420. The third kappa shape index (κ3) is 3.67. The van der Waals surface area contributed by atoms with Crippen LogP contribution in [-0.2, 0) is 0 Å². The maximum absolute atomic E-state index is 11.9. The van der Waals surface area contributed by atoms with Crippen molar-refractivity contribution in [3.05, 3.63) is 21.9 Å². The molecule has 1 nitrogen and oxygen atoms in total. The largest absolute Gasteiger partial charge is 0.389 e. The summed E-state index contributed by atoms with van der Waals surface area (Å²) in [6.45, 7) is 1.91. The van der Waals surface area contributed by atoms with Gasteiger partial charge in [-0.05, 0) is 30.4 Å². The molecule has 0 amide bonds. The number of alkyl halides is 3. The van der Waals surface area contributed by atoms with Crippen molar-refractivity contribution in [2.45, 2.75) is 32.0 Å². The molecular weight excluding hydrogens is 211 g/mol. The van der Waals surface area contributed by atoms with Gasteiger partial charge in [0.15, 0.2) is 0 Å². The highest BCUT2D eigenvalue weighted by atomic mass is 32.1. The van der Waals surface area contributed by atoms with Crippen molar-refractivity contribution < 1.29 is 13.2 Å². The highest BCUT2D eigenvalue weighted by Crippen LogP contribution is 2.27. The molecule has 0 saturated heterocycles. The molecular formula is C9H12F3NS. The lowest BCUT2D eigenvalue weighted by molar-refractivity contribution is -0.136. The van der Waals surface area contributed by atoms with Crippen LogP contribution in [0, 0.1) is 6.92 Å². The summed E-state index contributed by atoms with van der Waals surface area (Å²) in [5.41, 5.74) is 6.42. The number of aryl methyl sites for hydroxylation is 1. The van der Waals surface area contributed by atoms with Gasteiger partial charge in [-0.3, -0.25) is 0 Å². The van der Waals surface area contributed by atoms with Crippen LogP contribution in [0.4, 0.5) is 13.2 Å². The summed E-state index contributed by atoms with van der Waals surface area (Å²) in [6, 6.07) is 1.34. The Morgan fingerprint density at radius 2 is 2.14 bits per heavy atom. The summed E-state index contributed by atoms with van der Waals surface area (Å²) in [6.07, 6.45) is -4.97. The Hall–Kier alpha value is -0.550. The van der Waals surface area contributed by atoms with Gasteiger partial charge in [0.05, 0.1) is 0 Å². The lowest BCUT2D eigenvalue weighted by Crippen LogP contribution is -2.15. The van der Waals surface area contributed by atoms with E-state index < -0.39 is 18.6 Å². The van der Waals surface area contributed by atoms with Crippen molar-refractivity contribution in [3.63, 3.8) is 0 Å². The average molecular weight is 223 g/mol. The molecule has 1 aromatic rings. The Morgan fingerprint density at radius 3 is 2.57 bits per heavy atom. The summed E-state index contributed by atoms with van der Waals surface area (Å²) in [5, 5.41) is 1.82. The van der Waals surface area contributed by atoms with Crippen LogP contribution in [0.3, 0.4) is 0 Å². The predicted octanol–water partition coefficient (Wildman–Crippen LogP) is 3.40. The van der Waals surface area contributed by atoms with Gasteiger partial charge in [0, 0.05) is 17.3 Å². The van der Waals surface area contributed by atoms with Crippen molar-refractivity contribution >= 4 is 11.3 Å². The number of rotatable bonds is 3. The van der Waals surface area contributed by atoms with E-state index in [9.17, 15) is 13.2 Å². The second-order valence-electron chi connectivity index (χ2n) is 3.25. The third-order valence-electron chi connectivity index (χ3n) is 1.92. The fourth-order valence-corrected chi connectivity index (χ4v) is 1.91. The van der Waals surface area contributed by atoms with Crippen molar-refractivity contribution in [2.24, 2.45) is 5.73 Å². The number of halogens is 3. The van der Waals surface area contributed by atoms with Crippen LogP contribution in [0.25, 0.3) is 0 Å². The van der Waals surface area contributed by atoms with Gasteiger partial charge in [-0.25, -0.2) is 0 Å². The molecule has 5 heteroatoms. The average Bonchev–Trinajstić information content (AvgIpc) is 2.46. The van der Waals surface area contributed by atoms with Crippen LogP contribution in [0.15, 0.2) is 11.4 Å². The summed E-state index contributed by atoms with van der Waals surface area (Å²) >= 11 is 1.50. The summed E-state index contributed by atoms with van der Waals surface area (Å²) in [5.74, 6) is 0. The zero-order chi connectivity index (χ0) is 10.8. The maximum atomic E-state index is 11.9. The van der Waals surface area contributed by atoms with Gasteiger partial charge >= 0.3 is 6.18 Å². The van der Waals surface area contributed by atoms with E-state index in [-0.39, 0.29) is 6.42 Å². The maximum Gasteiger partial charge on any atom is 0.389 e. The van der Waals surface area contributed by atoms with Crippen molar-refractivity contribution in [3.8, 4) is 0 Å². The zero-order valence-corrected chi connectivity index (χ0v) is 8.58. The van der Waals surface area contributed by atoms with Gasteiger partial charge in [-0.15, -0.1) is 11.3 Å². The molecule has 0 aliphatic rings. The van der Waals surface area contributed by atoms with E-state index in [1.165, 1.54) is 11.3 Å². The molecule has 0 bridgehead atoms. The summed E-state index contributed by atoms with van der Waals surface area (Å²) < 4.78 is 35.7. The Balaban J connectivity index is 2.47. The second-order valence-corrected chi connectivity index (χ2v) is 4.37. The Labute approximate surface area is 84.7 Å². The molecule has 1 rings (SSSR count). The molecule has 14 heavy (non-hydrogen) atoms. The van der Waals surface area contributed by atoms with E-state index in [2.05, 4.69) is 0 Å². The lowest BCUT2D eigenvalue weighted by Gasteiger charge is -2.11. The van der Waals surface area contributed by atoms with Crippen LogP contribution in [-0.4, -0.2) is 6.18 Å². The van der Waals surface area contributed by atoms with Gasteiger partial charge < -0.3 is 5.73 Å². The molecule has 0 aliphatic carbocycles. The first kappa shape index (κ1) is 11.5. The first-order chi connectivity index (χ1) is 6.38. The molecule has 0 spiro atoms. The van der Waals surface area contributed by atoms with E-state index in [0.29, 0.717) is 0 Å². The minimum Gasteiger partial charge on any atom is -0.324 e. The molecule has 0 aliphatic heterocycles. The quantitative estimate of drug-likeness (QED) is 0.835. The number of thiophene rings is 1. The van der Waals surface area contributed by atoms with Crippen LogP contribution >= 0.6 is 11.3 Å². The van der Waals surface area contributed by atoms with E-state index in [1.54, 1.807) is 0 Å². The fourth-order valence-electron chi connectivity index (χ4n) is 1.14. The van der Waals surface area contributed by atoms with Gasteiger partial charge in [-0.2, -0.15) is 13.2 Å². The Morgan fingerprint density at radius 1 is 1.50 bits per heavy atom. The molecule has 0 radical (unpaired) electrons. The molecule has 80 valence electrons. The summed E-state index contributed by atoms with van der Waals surface area (Å²) in [4.78, 5) is 1.07.